The number of hydrogen-bond donors (Lipinski definition) is 1. The number of hydrogen-bond acceptors (Lipinski definition) is 4. The number of likely N-dealkylation sites (tertiary alicyclic amines) is 1. The van der Waals surface area contributed by atoms with Gasteiger partial charge < -0.3 is 9.64 Å². The Morgan fingerprint density at radius 3 is 3.05 bits per heavy atom. The molecular weight excluding hydrogens is 274 g/mol. The second kappa shape index (κ2) is 6.10. The molecular formula is C14H21N3O2S. The van der Waals surface area contributed by atoms with Crippen LogP contribution in [0.25, 0.3) is 0 Å². The molecule has 3 rings (SSSR count). The summed E-state index contributed by atoms with van der Waals surface area (Å²) in [6.45, 7) is 1.37. The molecule has 1 aliphatic carbocycles. The van der Waals surface area contributed by atoms with E-state index in [9.17, 15) is 4.79 Å². The molecule has 2 heterocycles. The Morgan fingerprint density at radius 2 is 2.35 bits per heavy atom. The van der Waals surface area contributed by atoms with E-state index in [1.807, 2.05) is 10.3 Å². The topological polar surface area (TPSA) is 54.5 Å². The van der Waals surface area contributed by atoms with Gasteiger partial charge in [0.15, 0.2) is 5.13 Å². The number of nitrogens with one attached hydrogen (secondary N) is 1. The Labute approximate surface area is 123 Å². The first kappa shape index (κ1) is 13.8. The predicted molar refractivity (Wildman–Crippen MR) is 78.9 cm³/mol. The highest BCUT2D eigenvalue weighted by Gasteiger charge is 2.37. The van der Waals surface area contributed by atoms with Crippen LogP contribution in [0, 0.1) is 5.92 Å². The molecule has 1 saturated heterocycles. The fourth-order valence-electron chi connectivity index (χ4n) is 3.10. The third-order valence-corrected chi connectivity index (χ3v) is 5.12. The first-order chi connectivity index (χ1) is 9.78. The molecule has 20 heavy (non-hydrogen) atoms. The van der Waals surface area contributed by atoms with Gasteiger partial charge in [-0.1, -0.05) is 6.42 Å². The van der Waals surface area contributed by atoms with Gasteiger partial charge in [0, 0.05) is 25.1 Å². The zero-order chi connectivity index (χ0) is 13.9. The smallest absolute Gasteiger partial charge is 0.323 e. The number of rotatable bonds is 4. The molecule has 0 aromatic carbocycles. The van der Waals surface area contributed by atoms with Crippen molar-refractivity contribution in [1.29, 1.82) is 0 Å². The van der Waals surface area contributed by atoms with Crippen LogP contribution < -0.4 is 5.32 Å². The lowest BCUT2D eigenvalue weighted by Crippen LogP contribution is -2.44. The molecule has 6 heteroatoms. The van der Waals surface area contributed by atoms with E-state index in [0.29, 0.717) is 17.8 Å². The van der Waals surface area contributed by atoms with Crippen molar-refractivity contribution in [3.05, 3.63) is 11.1 Å². The molecule has 0 unspecified atom stereocenters. The zero-order valence-electron chi connectivity index (χ0n) is 11.8. The Hall–Kier alpha value is -1.14. The number of thiazole rings is 1. The van der Waals surface area contributed by atoms with E-state index in [-0.39, 0.29) is 6.03 Å². The van der Waals surface area contributed by atoms with E-state index < -0.39 is 0 Å². The van der Waals surface area contributed by atoms with Crippen LogP contribution >= 0.6 is 11.3 Å². The minimum atomic E-state index is 0.0118. The van der Waals surface area contributed by atoms with E-state index in [1.165, 1.54) is 30.6 Å². The van der Waals surface area contributed by atoms with Crippen molar-refractivity contribution in [3.63, 3.8) is 0 Å². The van der Waals surface area contributed by atoms with Crippen molar-refractivity contribution in [2.75, 3.05) is 19.0 Å². The summed E-state index contributed by atoms with van der Waals surface area (Å²) in [7, 11) is 1.64. The van der Waals surface area contributed by atoms with Crippen LogP contribution in [0.2, 0.25) is 0 Å². The molecule has 2 aliphatic rings. The number of ether oxygens (including phenoxy) is 1. The normalized spacial score (nSPS) is 22.9. The number of anilines is 1. The lowest BCUT2D eigenvalue weighted by molar-refractivity contribution is 0.148. The van der Waals surface area contributed by atoms with Gasteiger partial charge in [-0.25, -0.2) is 9.78 Å². The molecule has 1 atom stereocenters. The molecule has 0 spiro atoms. The van der Waals surface area contributed by atoms with Crippen LogP contribution in [0.1, 0.15) is 37.8 Å². The summed E-state index contributed by atoms with van der Waals surface area (Å²) in [6, 6.07) is 0.458. The number of carbonyl (C=O) groups excluding carboxylic acids is 1. The first-order valence-electron chi connectivity index (χ1n) is 7.29. The first-order valence-corrected chi connectivity index (χ1v) is 8.17. The summed E-state index contributed by atoms with van der Waals surface area (Å²) in [5, 5.41) is 5.53. The Bertz CT molecular complexity index is 473. The molecule has 5 nitrogen and oxygen atoms in total. The van der Waals surface area contributed by atoms with E-state index >= 15 is 0 Å². The molecule has 2 amide bonds. The number of nitrogens with zero attached hydrogens (tertiary/aromatic N) is 2. The highest BCUT2D eigenvalue weighted by molar-refractivity contribution is 7.13. The third-order valence-electron chi connectivity index (χ3n) is 4.31. The largest absolute Gasteiger partial charge is 0.378 e. The minimum absolute atomic E-state index is 0.0118. The predicted octanol–water partition coefficient (Wildman–Crippen LogP) is 3.09. The van der Waals surface area contributed by atoms with Gasteiger partial charge in [0.05, 0.1) is 12.3 Å². The summed E-state index contributed by atoms with van der Waals surface area (Å²) in [5.74, 6) is 0.726. The van der Waals surface area contributed by atoms with Crippen LogP contribution in [-0.2, 0) is 11.3 Å². The second-order valence-corrected chi connectivity index (χ2v) is 6.46. The average molecular weight is 295 g/mol. The fraction of sp³-hybridized carbons (Fsp3) is 0.714. The van der Waals surface area contributed by atoms with Crippen LogP contribution in [0.4, 0.5) is 9.93 Å². The maximum atomic E-state index is 12.4. The lowest BCUT2D eigenvalue weighted by Gasteiger charge is -2.36. The summed E-state index contributed by atoms with van der Waals surface area (Å²) in [6.07, 6.45) is 6.17. The fourth-order valence-corrected chi connectivity index (χ4v) is 3.79. The molecule has 1 aromatic rings. The summed E-state index contributed by atoms with van der Waals surface area (Å²) in [4.78, 5) is 18.8. The quantitative estimate of drug-likeness (QED) is 0.928. The van der Waals surface area contributed by atoms with Crippen molar-refractivity contribution in [2.24, 2.45) is 5.92 Å². The highest BCUT2D eigenvalue weighted by Crippen LogP contribution is 2.37. The van der Waals surface area contributed by atoms with E-state index in [1.54, 1.807) is 7.11 Å². The van der Waals surface area contributed by atoms with Crippen LogP contribution in [0.15, 0.2) is 5.38 Å². The average Bonchev–Trinajstić information content (AvgIpc) is 2.97. The van der Waals surface area contributed by atoms with Crippen molar-refractivity contribution in [3.8, 4) is 0 Å². The summed E-state index contributed by atoms with van der Waals surface area (Å²) >= 11 is 1.46. The molecule has 2 fully saturated rings. The third kappa shape index (κ3) is 2.81. The molecule has 1 aliphatic heterocycles. The van der Waals surface area contributed by atoms with E-state index in [0.717, 1.165) is 31.0 Å². The molecule has 0 bridgehead atoms. The number of urea groups is 1. The maximum Gasteiger partial charge on any atom is 0.323 e. The van der Waals surface area contributed by atoms with Crippen LogP contribution in [0.5, 0.6) is 0 Å². The van der Waals surface area contributed by atoms with Gasteiger partial charge in [-0.05, 0) is 31.6 Å². The molecule has 110 valence electrons. The van der Waals surface area contributed by atoms with Gasteiger partial charge in [-0.3, -0.25) is 5.32 Å². The Morgan fingerprint density at radius 1 is 1.50 bits per heavy atom. The van der Waals surface area contributed by atoms with Crippen molar-refractivity contribution in [2.45, 2.75) is 44.8 Å². The van der Waals surface area contributed by atoms with Gasteiger partial charge in [-0.15, -0.1) is 11.3 Å². The van der Waals surface area contributed by atoms with E-state index in [4.69, 9.17) is 4.74 Å². The number of aromatic nitrogens is 1. The highest BCUT2D eigenvalue weighted by atomic mass is 32.1. The maximum absolute atomic E-state index is 12.4. The Kier molecular flexibility index (Phi) is 4.21. The molecule has 1 aromatic heterocycles. The van der Waals surface area contributed by atoms with Gasteiger partial charge in [0.25, 0.3) is 0 Å². The van der Waals surface area contributed by atoms with Gasteiger partial charge in [0.2, 0.25) is 0 Å². The molecule has 1 saturated carbocycles. The second-order valence-electron chi connectivity index (χ2n) is 5.60. The van der Waals surface area contributed by atoms with E-state index in [2.05, 4.69) is 10.3 Å². The van der Waals surface area contributed by atoms with Crippen molar-refractivity contribution >= 4 is 22.5 Å². The summed E-state index contributed by atoms with van der Waals surface area (Å²) < 4.78 is 5.04. The monoisotopic (exact) mass is 295 g/mol. The zero-order valence-corrected chi connectivity index (χ0v) is 12.6. The van der Waals surface area contributed by atoms with Crippen LogP contribution in [0.3, 0.4) is 0 Å². The van der Waals surface area contributed by atoms with Crippen molar-refractivity contribution in [1.82, 2.24) is 9.88 Å². The van der Waals surface area contributed by atoms with Gasteiger partial charge >= 0.3 is 6.03 Å². The van der Waals surface area contributed by atoms with Gasteiger partial charge in [-0.2, -0.15) is 0 Å². The SMILES string of the molecule is COCc1csc(NC(=O)N2CCC[C@H]2C2CCC2)n1. The summed E-state index contributed by atoms with van der Waals surface area (Å²) in [5.41, 5.74) is 0.866. The minimum Gasteiger partial charge on any atom is -0.378 e. The number of amides is 2. The Balaban J connectivity index is 1.59. The standard InChI is InChI=1S/C14H21N3O2S/c1-19-8-11-9-20-13(15-11)16-14(18)17-7-3-6-12(17)10-4-2-5-10/h9-10,12H,2-8H2,1H3,(H,15,16,18)/t12-/m0/s1. The van der Waals surface area contributed by atoms with Crippen LogP contribution in [-0.4, -0.2) is 35.6 Å². The van der Waals surface area contributed by atoms with Gasteiger partial charge in [0.1, 0.15) is 0 Å². The number of carbonyl (C=O) groups is 1. The number of methoxy groups -OCH3 is 1. The lowest BCUT2D eigenvalue weighted by atomic mass is 9.79. The van der Waals surface area contributed by atoms with Crippen molar-refractivity contribution < 1.29 is 9.53 Å². The molecule has 0 radical (unpaired) electrons. The molecule has 1 N–H and O–H groups in total.